The van der Waals surface area contributed by atoms with E-state index in [0.717, 1.165) is 57.3 Å². The fourth-order valence-electron chi connectivity index (χ4n) is 11.1. The molecule has 0 radical (unpaired) electrons. The predicted octanol–water partition coefficient (Wildman–Crippen LogP) is 7.52. The standard InChI is InChI=1S/C29H47F3O2/c1-6-27(34)12-7-8-19-10-15-28(18(2)9-14-26(5,33)29(30,31)32)21(23(19)27)11-13-24(3)22-16-20(22)17-25(24,28)4/h18-23,33-34H,6-17H2,1-5H3/t18-,19+,20?,21?,22+,23?,24+,25+,26-,27+,28+/m1/s1. The zero-order valence-corrected chi connectivity index (χ0v) is 22.0. The van der Waals surface area contributed by atoms with Crippen molar-refractivity contribution in [1.29, 1.82) is 0 Å². The fourth-order valence-corrected chi connectivity index (χ4v) is 11.1. The van der Waals surface area contributed by atoms with Gasteiger partial charge >= 0.3 is 6.18 Å². The van der Waals surface area contributed by atoms with Crippen molar-refractivity contribution in [2.45, 2.75) is 129 Å². The minimum absolute atomic E-state index is 0.0588. The number of hydrogen-bond acceptors (Lipinski definition) is 2. The Kier molecular flexibility index (Phi) is 5.68. The number of rotatable bonds is 5. The van der Waals surface area contributed by atoms with E-state index in [1.807, 2.05) is 0 Å². The Morgan fingerprint density at radius 3 is 2.35 bits per heavy atom. The summed E-state index contributed by atoms with van der Waals surface area (Å²) in [5.74, 6) is 2.84. The molecule has 3 unspecified atom stereocenters. The molecule has 0 aromatic rings. The van der Waals surface area contributed by atoms with Crippen LogP contribution in [0, 0.1) is 51.8 Å². The minimum Gasteiger partial charge on any atom is -0.390 e. The van der Waals surface area contributed by atoms with Crippen LogP contribution in [0.3, 0.4) is 0 Å². The molecule has 196 valence electrons. The Bertz CT molecular complexity index is 810. The van der Waals surface area contributed by atoms with E-state index >= 15 is 0 Å². The SMILES string of the molecule is CC[C@]1(O)CCC[C@H]2CC[C@]3([C@H](C)CC[C@@](C)(O)C(F)(F)F)C(CC[C@@]4(C)[C@H]5CC5C[C@@]43C)C21. The summed E-state index contributed by atoms with van der Waals surface area (Å²) in [7, 11) is 0. The van der Waals surface area contributed by atoms with Gasteiger partial charge in [-0.2, -0.15) is 13.2 Å². The van der Waals surface area contributed by atoms with E-state index in [9.17, 15) is 23.4 Å². The Hall–Kier alpha value is -0.290. The second-order valence-corrected chi connectivity index (χ2v) is 14.1. The average Bonchev–Trinajstić information content (AvgIpc) is 3.48. The smallest absolute Gasteiger partial charge is 0.390 e. The van der Waals surface area contributed by atoms with Crippen molar-refractivity contribution in [2.24, 2.45) is 51.8 Å². The van der Waals surface area contributed by atoms with Crippen LogP contribution in [0.25, 0.3) is 0 Å². The number of aliphatic hydroxyl groups is 2. The van der Waals surface area contributed by atoms with E-state index in [1.54, 1.807) is 0 Å². The molecule has 0 spiro atoms. The van der Waals surface area contributed by atoms with Gasteiger partial charge in [-0.1, -0.05) is 34.1 Å². The summed E-state index contributed by atoms with van der Waals surface area (Å²) in [6, 6.07) is 0. The van der Waals surface area contributed by atoms with E-state index in [1.165, 1.54) is 25.7 Å². The van der Waals surface area contributed by atoms with Gasteiger partial charge in [0.1, 0.15) is 0 Å². The molecule has 0 bridgehead atoms. The lowest BCUT2D eigenvalue weighted by molar-refractivity contribution is -0.265. The van der Waals surface area contributed by atoms with Gasteiger partial charge in [0, 0.05) is 0 Å². The zero-order valence-electron chi connectivity index (χ0n) is 22.0. The molecule has 5 heteroatoms. The molecule has 0 aromatic carbocycles. The highest BCUT2D eigenvalue weighted by molar-refractivity contribution is 5.25. The van der Waals surface area contributed by atoms with Crippen molar-refractivity contribution in [1.82, 2.24) is 0 Å². The maximum absolute atomic E-state index is 13.6. The zero-order chi connectivity index (χ0) is 24.9. The molecule has 5 rings (SSSR count). The van der Waals surface area contributed by atoms with Crippen LogP contribution in [0.15, 0.2) is 0 Å². The van der Waals surface area contributed by atoms with Crippen molar-refractivity contribution in [2.75, 3.05) is 0 Å². The number of fused-ring (bicyclic) bond motifs is 7. The highest BCUT2D eigenvalue weighted by Gasteiger charge is 2.77. The van der Waals surface area contributed by atoms with Crippen molar-refractivity contribution >= 4 is 0 Å². The molecule has 5 fully saturated rings. The second kappa shape index (κ2) is 7.62. The van der Waals surface area contributed by atoms with Gasteiger partial charge in [0.15, 0.2) is 5.60 Å². The minimum atomic E-state index is -4.60. The van der Waals surface area contributed by atoms with Crippen molar-refractivity contribution in [3.05, 3.63) is 0 Å². The Balaban J connectivity index is 1.56. The highest BCUT2D eigenvalue weighted by Crippen LogP contribution is 2.83. The van der Waals surface area contributed by atoms with Gasteiger partial charge in [0.05, 0.1) is 5.60 Å². The maximum Gasteiger partial charge on any atom is 0.416 e. The average molecular weight is 485 g/mol. The van der Waals surface area contributed by atoms with Crippen molar-refractivity contribution in [3.63, 3.8) is 0 Å². The Morgan fingerprint density at radius 1 is 1.00 bits per heavy atom. The van der Waals surface area contributed by atoms with E-state index < -0.39 is 17.4 Å². The third kappa shape index (κ3) is 3.13. The Labute approximate surface area is 204 Å². The van der Waals surface area contributed by atoms with Gasteiger partial charge in [0.2, 0.25) is 0 Å². The first-order chi connectivity index (χ1) is 15.7. The van der Waals surface area contributed by atoms with Crippen LogP contribution in [-0.4, -0.2) is 27.6 Å². The van der Waals surface area contributed by atoms with E-state index in [0.29, 0.717) is 18.3 Å². The summed E-state index contributed by atoms with van der Waals surface area (Å²) < 4.78 is 40.7. The van der Waals surface area contributed by atoms with Crippen LogP contribution < -0.4 is 0 Å². The summed E-state index contributed by atoms with van der Waals surface area (Å²) >= 11 is 0. The fraction of sp³-hybridized carbons (Fsp3) is 1.00. The lowest BCUT2D eigenvalue weighted by atomic mass is 9.33. The van der Waals surface area contributed by atoms with E-state index in [4.69, 9.17) is 0 Å². The largest absolute Gasteiger partial charge is 0.416 e. The number of alkyl halides is 3. The summed E-state index contributed by atoms with van der Waals surface area (Å²) in [5, 5.41) is 22.2. The third-order valence-electron chi connectivity index (χ3n) is 13.2. The van der Waals surface area contributed by atoms with Crippen molar-refractivity contribution < 1.29 is 23.4 Å². The monoisotopic (exact) mass is 484 g/mol. The lowest BCUT2D eigenvalue weighted by Gasteiger charge is -2.71. The molecule has 0 saturated heterocycles. The molecule has 5 aliphatic rings. The third-order valence-corrected chi connectivity index (χ3v) is 13.2. The molecule has 2 N–H and O–H groups in total. The second-order valence-electron chi connectivity index (χ2n) is 14.1. The summed E-state index contributed by atoms with van der Waals surface area (Å²) in [4.78, 5) is 0. The number of halogens is 3. The van der Waals surface area contributed by atoms with Gasteiger partial charge in [0.25, 0.3) is 0 Å². The first kappa shape index (κ1) is 25.4. The maximum atomic E-state index is 13.6. The molecule has 11 atom stereocenters. The van der Waals surface area contributed by atoms with Gasteiger partial charge in [-0.25, -0.2) is 0 Å². The lowest BCUT2D eigenvalue weighted by Crippen LogP contribution is -2.66. The Morgan fingerprint density at radius 2 is 1.71 bits per heavy atom. The molecule has 0 aromatic heterocycles. The predicted molar refractivity (Wildman–Crippen MR) is 128 cm³/mol. The number of hydrogen-bond donors (Lipinski definition) is 2. The molecule has 2 nitrogen and oxygen atoms in total. The van der Waals surface area contributed by atoms with Gasteiger partial charge in [-0.05, 0) is 129 Å². The normalized spacial score (nSPS) is 52.6. The molecule has 34 heavy (non-hydrogen) atoms. The molecular weight excluding hydrogens is 437 g/mol. The van der Waals surface area contributed by atoms with Crippen LogP contribution in [-0.2, 0) is 0 Å². The van der Waals surface area contributed by atoms with Gasteiger partial charge in [-0.15, -0.1) is 0 Å². The molecule has 0 heterocycles. The molecule has 5 saturated carbocycles. The highest BCUT2D eigenvalue weighted by atomic mass is 19.4. The van der Waals surface area contributed by atoms with Crippen LogP contribution in [0.4, 0.5) is 13.2 Å². The van der Waals surface area contributed by atoms with Crippen molar-refractivity contribution in [3.8, 4) is 0 Å². The summed E-state index contributed by atoms with van der Waals surface area (Å²) in [5.41, 5.74) is -2.99. The topological polar surface area (TPSA) is 40.5 Å². The quantitative estimate of drug-likeness (QED) is 0.424. The van der Waals surface area contributed by atoms with Crippen LogP contribution >= 0.6 is 0 Å². The molecule has 0 amide bonds. The first-order valence-corrected chi connectivity index (χ1v) is 14.2. The van der Waals surface area contributed by atoms with Gasteiger partial charge < -0.3 is 10.2 Å². The van der Waals surface area contributed by atoms with Crippen LogP contribution in [0.5, 0.6) is 0 Å². The molecule has 0 aliphatic heterocycles. The van der Waals surface area contributed by atoms with E-state index in [-0.39, 0.29) is 34.5 Å². The summed E-state index contributed by atoms with van der Waals surface area (Å²) in [6.07, 6.45) is 6.50. The molecule has 5 aliphatic carbocycles. The van der Waals surface area contributed by atoms with E-state index in [2.05, 4.69) is 27.7 Å². The summed E-state index contributed by atoms with van der Waals surface area (Å²) in [6.45, 7) is 10.3. The molecular formula is C29H47F3O2. The van der Waals surface area contributed by atoms with Gasteiger partial charge in [-0.3, -0.25) is 0 Å². The van der Waals surface area contributed by atoms with Crippen LogP contribution in [0.1, 0.15) is 112 Å². The van der Waals surface area contributed by atoms with Crippen LogP contribution in [0.2, 0.25) is 0 Å². The first-order valence-electron chi connectivity index (χ1n) is 14.2.